The molecule has 0 spiro atoms. The summed E-state index contributed by atoms with van der Waals surface area (Å²) in [4.78, 5) is 2.53. The van der Waals surface area contributed by atoms with Crippen LogP contribution in [0.2, 0.25) is 0 Å². The van der Waals surface area contributed by atoms with Crippen molar-refractivity contribution in [2.45, 2.75) is 53.5 Å². The number of hydrogen-bond acceptors (Lipinski definition) is 2. The molecule has 92 valence electrons. The van der Waals surface area contributed by atoms with E-state index in [-0.39, 0.29) is 0 Å². The average molecular weight is 214 g/mol. The molecule has 0 aliphatic carbocycles. The minimum absolute atomic E-state index is 0.634. The standard InChI is InChI=1S/C13H30N2/c1-6-8-10-15(7-2)11-9-14-13(5)12(3)4/h12-14H,6-11H2,1-5H3. The van der Waals surface area contributed by atoms with Gasteiger partial charge in [-0.1, -0.05) is 34.1 Å². The molecule has 0 aromatic rings. The highest BCUT2D eigenvalue weighted by atomic mass is 15.1. The number of nitrogens with zero attached hydrogens (tertiary/aromatic N) is 1. The van der Waals surface area contributed by atoms with Crippen LogP contribution in [-0.2, 0) is 0 Å². The average Bonchev–Trinajstić information content (AvgIpc) is 2.22. The van der Waals surface area contributed by atoms with Gasteiger partial charge in [0, 0.05) is 19.1 Å². The van der Waals surface area contributed by atoms with Crippen molar-refractivity contribution >= 4 is 0 Å². The molecule has 1 unspecified atom stereocenters. The van der Waals surface area contributed by atoms with Gasteiger partial charge < -0.3 is 10.2 Å². The van der Waals surface area contributed by atoms with Crippen molar-refractivity contribution in [1.82, 2.24) is 10.2 Å². The van der Waals surface area contributed by atoms with Crippen LogP contribution < -0.4 is 5.32 Å². The predicted octanol–water partition coefficient (Wildman–Crippen LogP) is 2.74. The fourth-order valence-electron chi connectivity index (χ4n) is 1.50. The maximum atomic E-state index is 3.58. The molecule has 2 heteroatoms. The van der Waals surface area contributed by atoms with E-state index in [1.54, 1.807) is 0 Å². The normalized spacial score (nSPS) is 13.8. The maximum Gasteiger partial charge on any atom is 0.0107 e. The Hall–Kier alpha value is -0.0800. The summed E-state index contributed by atoms with van der Waals surface area (Å²) in [5.74, 6) is 0.732. The van der Waals surface area contributed by atoms with Gasteiger partial charge >= 0.3 is 0 Å². The Labute approximate surface area is 96.4 Å². The second kappa shape index (κ2) is 9.17. The van der Waals surface area contributed by atoms with Gasteiger partial charge in [0.15, 0.2) is 0 Å². The lowest BCUT2D eigenvalue weighted by atomic mass is 10.1. The van der Waals surface area contributed by atoms with E-state index in [1.807, 2.05) is 0 Å². The van der Waals surface area contributed by atoms with Crippen LogP contribution in [0.3, 0.4) is 0 Å². The minimum atomic E-state index is 0.634. The number of nitrogens with one attached hydrogen (secondary N) is 1. The van der Waals surface area contributed by atoms with Crippen LogP contribution in [0.25, 0.3) is 0 Å². The molecule has 0 rings (SSSR count). The van der Waals surface area contributed by atoms with Gasteiger partial charge in [0.2, 0.25) is 0 Å². The van der Waals surface area contributed by atoms with Crippen molar-refractivity contribution < 1.29 is 0 Å². The van der Waals surface area contributed by atoms with Gasteiger partial charge in [-0.15, -0.1) is 0 Å². The van der Waals surface area contributed by atoms with Gasteiger partial charge in [-0.25, -0.2) is 0 Å². The predicted molar refractivity (Wildman–Crippen MR) is 69.3 cm³/mol. The highest BCUT2D eigenvalue weighted by Crippen LogP contribution is 1.99. The van der Waals surface area contributed by atoms with Gasteiger partial charge in [0.25, 0.3) is 0 Å². The Morgan fingerprint density at radius 2 is 1.73 bits per heavy atom. The van der Waals surface area contributed by atoms with Crippen LogP contribution in [0.4, 0.5) is 0 Å². The Morgan fingerprint density at radius 3 is 2.20 bits per heavy atom. The summed E-state index contributed by atoms with van der Waals surface area (Å²) in [6, 6.07) is 0.634. The van der Waals surface area contributed by atoms with Crippen LogP contribution in [-0.4, -0.2) is 37.1 Å². The second-order valence-electron chi connectivity index (χ2n) is 4.77. The molecule has 0 heterocycles. The molecule has 0 aromatic carbocycles. The molecule has 2 nitrogen and oxygen atoms in total. The van der Waals surface area contributed by atoms with Crippen LogP contribution in [0, 0.1) is 5.92 Å². The number of unbranched alkanes of at least 4 members (excludes halogenated alkanes) is 1. The van der Waals surface area contributed by atoms with Gasteiger partial charge in [-0.05, 0) is 32.4 Å². The number of likely N-dealkylation sites (N-methyl/N-ethyl adjacent to an activating group) is 1. The van der Waals surface area contributed by atoms with Gasteiger partial charge in [0.05, 0.1) is 0 Å². The highest BCUT2D eigenvalue weighted by molar-refractivity contribution is 4.66. The molecule has 15 heavy (non-hydrogen) atoms. The quantitative estimate of drug-likeness (QED) is 0.635. The summed E-state index contributed by atoms with van der Waals surface area (Å²) in [6.45, 7) is 16.1. The summed E-state index contributed by atoms with van der Waals surface area (Å²) < 4.78 is 0. The van der Waals surface area contributed by atoms with Gasteiger partial charge in [-0.3, -0.25) is 0 Å². The molecule has 0 aliphatic heterocycles. The van der Waals surface area contributed by atoms with Crippen molar-refractivity contribution in [3.05, 3.63) is 0 Å². The molecule has 1 atom stereocenters. The van der Waals surface area contributed by atoms with E-state index in [2.05, 4.69) is 44.8 Å². The molecule has 0 saturated heterocycles. The Balaban J connectivity index is 3.53. The van der Waals surface area contributed by atoms with Crippen molar-refractivity contribution in [2.24, 2.45) is 5.92 Å². The largest absolute Gasteiger partial charge is 0.313 e. The van der Waals surface area contributed by atoms with Crippen molar-refractivity contribution in [3.8, 4) is 0 Å². The first-order valence-electron chi connectivity index (χ1n) is 6.57. The smallest absolute Gasteiger partial charge is 0.0107 e. The Bertz CT molecular complexity index is 134. The molecule has 0 radical (unpaired) electrons. The summed E-state index contributed by atoms with van der Waals surface area (Å²) in [5.41, 5.74) is 0. The third-order valence-corrected chi connectivity index (χ3v) is 3.17. The van der Waals surface area contributed by atoms with E-state index in [1.165, 1.54) is 32.5 Å². The molecule has 0 aromatic heterocycles. The van der Waals surface area contributed by atoms with Crippen LogP contribution in [0.1, 0.15) is 47.5 Å². The molecule has 0 fully saturated rings. The third-order valence-electron chi connectivity index (χ3n) is 3.17. The molecular weight excluding hydrogens is 184 g/mol. The summed E-state index contributed by atoms with van der Waals surface area (Å²) in [7, 11) is 0. The summed E-state index contributed by atoms with van der Waals surface area (Å²) in [6.07, 6.45) is 2.62. The maximum absolute atomic E-state index is 3.58. The number of hydrogen-bond donors (Lipinski definition) is 1. The topological polar surface area (TPSA) is 15.3 Å². The van der Waals surface area contributed by atoms with Gasteiger partial charge in [0.1, 0.15) is 0 Å². The van der Waals surface area contributed by atoms with E-state index >= 15 is 0 Å². The monoisotopic (exact) mass is 214 g/mol. The van der Waals surface area contributed by atoms with Crippen molar-refractivity contribution in [1.29, 1.82) is 0 Å². The van der Waals surface area contributed by atoms with Crippen molar-refractivity contribution in [2.75, 3.05) is 26.2 Å². The third kappa shape index (κ3) is 7.80. The zero-order chi connectivity index (χ0) is 11.7. The van der Waals surface area contributed by atoms with Gasteiger partial charge in [-0.2, -0.15) is 0 Å². The zero-order valence-corrected chi connectivity index (χ0v) is 11.3. The second-order valence-corrected chi connectivity index (χ2v) is 4.77. The first-order chi connectivity index (χ1) is 7.11. The zero-order valence-electron chi connectivity index (χ0n) is 11.3. The van der Waals surface area contributed by atoms with E-state index in [0.29, 0.717) is 6.04 Å². The van der Waals surface area contributed by atoms with Crippen LogP contribution >= 0.6 is 0 Å². The fraction of sp³-hybridized carbons (Fsp3) is 1.00. The highest BCUT2D eigenvalue weighted by Gasteiger charge is 2.06. The van der Waals surface area contributed by atoms with E-state index in [9.17, 15) is 0 Å². The first kappa shape index (κ1) is 14.9. The minimum Gasteiger partial charge on any atom is -0.313 e. The fourth-order valence-corrected chi connectivity index (χ4v) is 1.50. The molecule has 0 aliphatic rings. The SMILES string of the molecule is CCCCN(CC)CCNC(C)C(C)C. The summed E-state index contributed by atoms with van der Waals surface area (Å²) in [5, 5.41) is 3.58. The van der Waals surface area contributed by atoms with Crippen molar-refractivity contribution in [3.63, 3.8) is 0 Å². The van der Waals surface area contributed by atoms with E-state index in [0.717, 1.165) is 12.5 Å². The van der Waals surface area contributed by atoms with Crippen LogP contribution in [0.5, 0.6) is 0 Å². The molecular formula is C13H30N2. The lowest BCUT2D eigenvalue weighted by Gasteiger charge is -2.23. The molecule has 1 N–H and O–H groups in total. The summed E-state index contributed by atoms with van der Waals surface area (Å²) >= 11 is 0. The molecule has 0 amide bonds. The van der Waals surface area contributed by atoms with E-state index in [4.69, 9.17) is 0 Å². The molecule has 0 saturated carbocycles. The molecule has 0 bridgehead atoms. The first-order valence-corrected chi connectivity index (χ1v) is 6.57. The Kier molecular flexibility index (Phi) is 9.12. The van der Waals surface area contributed by atoms with E-state index < -0.39 is 0 Å². The lowest BCUT2D eigenvalue weighted by Crippen LogP contribution is -2.38. The lowest BCUT2D eigenvalue weighted by molar-refractivity contribution is 0.273. The van der Waals surface area contributed by atoms with Crippen LogP contribution in [0.15, 0.2) is 0 Å². The Morgan fingerprint density at radius 1 is 1.07 bits per heavy atom. The number of rotatable bonds is 9.